The lowest BCUT2D eigenvalue weighted by Gasteiger charge is -2.28. The molecule has 0 saturated heterocycles. The SMILES string of the molecule is CCCC[S+](C)CCC(O)(P(=O)(O)O)P(=O)(O)O. The lowest BCUT2D eigenvalue weighted by molar-refractivity contribution is 0.128. The molecule has 0 heterocycles. The van der Waals surface area contributed by atoms with Crippen molar-refractivity contribution >= 4 is 26.1 Å². The van der Waals surface area contributed by atoms with Crippen LogP contribution in [0, 0.1) is 0 Å². The molecule has 0 saturated carbocycles. The summed E-state index contributed by atoms with van der Waals surface area (Å²) in [7, 11) is -10.8. The third-order valence-electron chi connectivity index (χ3n) is 2.57. The molecule has 10 heteroatoms. The Hall–Kier alpha value is 0.610. The van der Waals surface area contributed by atoms with E-state index >= 15 is 0 Å². The summed E-state index contributed by atoms with van der Waals surface area (Å²) in [4.78, 5) is 35.7. The summed E-state index contributed by atoms with van der Waals surface area (Å²) in [6.07, 6.45) is 3.14. The quantitative estimate of drug-likeness (QED) is 0.323. The second kappa shape index (κ2) is 6.86. The third kappa shape index (κ3) is 4.94. The van der Waals surface area contributed by atoms with Crippen LogP contribution in [0.4, 0.5) is 0 Å². The molecule has 0 rings (SSSR count). The van der Waals surface area contributed by atoms with E-state index in [0.717, 1.165) is 18.6 Å². The molecule has 18 heavy (non-hydrogen) atoms. The summed E-state index contributed by atoms with van der Waals surface area (Å²) >= 11 is 0. The first-order chi connectivity index (χ1) is 7.95. The molecule has 110 valence electrons. The maximum Gasteiger partial charge on any atom is 0.369 e. The predicted octanol–water partition coefficient (Wildman–Crippen LogP) is 0.426. The van der Waals surface area contributed by atoms with Gasteiger partial charge in [-0.25, -0.2) is 0 Å². The van der Waals surface area contributed by atoms with Crippen molar-refractivity contribution in [2.24, 2.45) is 0 Å². The Kier molecular flexibility index (Phi) is 7.09. The van der Waals surface area contributed by atoms with E-state index in [1.807, 2.05) is 13.2 Å². The Morgan fingerprint density at radius 2 is 1.50 bits per heavy atom. The van der Waals surface area contributed by atoms with E-state index in [9.17, 15) is 14.2 Å². The molecule has 7 nitrogen and oxygen atoms in total. The number of unbranched alkanes of at least 4 members (excludes halogenated alkanes) is 1. The molecule has 0 spiro atoms. The zero-order valence-electron chi connectivity index (χ0n) is 10.4. The van der Waals surface area contributed by atoms with Crippen molar-refractivity contribution in [2.45, 2.75) is 31.3 Å². The van der Waals surface area contributed by atoms with Crippen molar-refractivity contribution in [1.82, 2.24) is 0 Å². The van der Waals surface area contributed by atoms with E-state index in [0.29, 0.717) is 0 Å². The van der Waals surface area contributed by atoms with Gasteiger partial charge in [-0.3, -0.25) is 9.13 Å². The van der Waals surface area contributed by atoms with E-state index in [2.05, 4.69) is 0 Å². The van der Waals surface area contributed by atoms with Gasteiger partial charge in [0, 0.05) is 6.42 Å². The van der Waals surface area contributed by atoms with Gasteiger partial charge in [0.2, 0.25) is 0 Å². The molecule has 0 aliphatic rings. The van der Waals surface area contributed by atoms with Crippen LogP contribution in [0.5, 0.6) is 0 Å². The Morgan fingerprint density at radius 3 is 1.83 bits per heavy atom. The maximum absolute atomic E-state index is 11.1. The van der Waals surface area contributed by atoms with Crippen LogP contribution in [-0.2, 0) is 20.0 Å². The van der Waals surface area contributed by atoms with E-state index < -0.39 is 26.7 Å². The standard InChI is InChI=1S/C8H20O7P2S/c1-3-4-6-18(2)7-5-8(9,16(10,11)12)17(13,14)15/h9H,3-7H2,1-2H3,(H3-,10,11,12,13,14,15)/p+1. The number of hydrogen-bond acceptors (Lipinski definition) is 3. The molecule has 0 aliphatic heterocycles. The summed E-state index contributed by atoms with van der Waals surface area (Å²) in [5.74, 6) is 0.988. The van der Waals surface area contributed by atoms with Crippen LogP contribution in [0.15, 0.2) is 0 Å². The summed E-state index contributed by atoms with van der Waals surface area (Å²) in [5, 5.41) is 6.38. The second-order valence-electron chi connectivity index (χ2n) is 4.16. The number of rotatable bonds is 8. The van der Waals surface area contributed by atoms with Crippen LogP contribution in [0.3, 0.4) is 0 Å². The zero-order valence-corrected chi connectivity index (χ0v) is 13.0. The predicted molar refractivity (Wildman–Crippen MR) is 71.6 cm³/mol. The molecule has 5 N–H and O–H groups in total. The van der Waals surface area contributed by atoms with Gasteiger partial charge in [-0.2, -0.15) is 0 Å². The summed E-state index contributed by atoms with van der Waals surface area (Å²) < 4.78 is 22.2. The largest absolute Gasteiger partial charge is 0.369 e. The second-order valence-corrected chi connectivity index (χ2v) is 10.5. The van der Waals surface area contributed by atoms with Crippen LogP contribution in [0.25, 0.3) is 0 Å². The lowest BCUT2D eigenvalue weighted by Crippen LogP contribution is -2.31. The van der Waals surface area contributed by atoms with Crippen molar-refractivity contribution in [3.05, 3.63) is 0 Å². The van der Waals surface area contributed by atoms with E-state index in [4.69, 9.17) is 19.6 Å². The first-order valence-corrected chi connectivity index (χ1v) is 10.6. The monoisotopic (exact) mass is 323 g/mol. The Morgan fingerprint density at radius 1 is 1.06 bits per heavy atom. The number of hydrogen-bond donors (Lipinski definition) is 5. The van der Waals surface area contributed by atoms with Crippen molar-refractivity contribution < 1.29 is 33.8 Å². The van der Waals surface area contributed by atoms with Crippen molar-refractivity contribution in [1.29, 1.82) is 0 Å². The van der Waals surface area contributed by atoms with Gasteiger partial charge in [0.05, 0.1) is 6.26 Å². The molecular formula is C8H21O7P2S+. The average molecular weight is 323 g/mol. The van der Waals surface area contributed by atoms with E-state index in [-0.39, 0.29) is 16.6 Å². The van der Waals surface area contributed by atoms with E-state index in [1.54, 1.807) is 0 Å². The highest BCUT2D eigenvalue weighted by Crippen LogP contribution is 2.68. The highest BCUT2D eigenvalue weighted by atomic mass is 32.2. The first-order valence-electron chi connectivity index (χ1n) is 5.38. The summed E-state index contributed by atoms with van der Waals surface area (Å²) in [6.45, 7) is 2.00. The highest BCUT2D eigenvalue weighted by molar-refractivity contribution is 7.96. The van der Waals surface area contributed by atoms with Crippen molar-refractivity contribution in [3.63, 3.8) is 0 Å². The van der Waals surface area contributed by atoms with Gasteiger partial charge in [-0.15, -0.1) is 0 Å². The van der Waals surface area contributed by atoms with Gasteiger partial charge in [-0.1, -0.05) is 13.3 Å². The minimum Gasteiger partial charge on any atom is -0.367 e. The zero-order chi connectivity index (χ0) is 14.6. The smallest absolute Gasteiger partial charge is 0.367 e. The van der Waals surface area contributed by atoms with Crippen molar-refractivity contribution in [2.75, 3.05) is 17.8 Å². The van der Waals surface area contributed by atoms with Crippen LogP contribution >= 0.6 is 15.2 Å². The molecule has 0 fully saturated rings. The highest BCUT2D eigenvalue weighted by Gasteiger charge is 2.59. The van der Waals surface area contributed by atoms with Gasteiger partial charge in [0.25, 0.3) is 5.08 Å². The minimum absolute atomic E-state index is 0.173. The molecule has 1 atom stereocenters. The fraction of sp³-hybridized carbons (Fsp3) is 1.00. The molecule has 0 aromatic rings. The molecular weight excluding hydrogens is 302 g/mol. The molecule has 0 amide bonds. The van der Waals surface area contributed by atoms with Gasteiger partial charge in [0.1, 0.15) is 11.5 Å². The van der Waals surface area contributed by atoms with Crippen LogP contribution < -0.4 is 0 Å². The molecule has 1 unspecified atom stereocenters. The normalized spacial score (nSPS) is 15.7. The van der Waals surface area contributed by atoms with Gasteiger partial charge < -0.3 is 24.7 Å². The Bertz CT molecular complexity index is 327. The molecule has 0 aromatic heterocycles. The molecule has 0 aromatic carbocycles. The Labute approximate surface area is 109 Å². The Balaban J connectivity index is 4.76. The topological polar surface area (TPSA) is 135 Å². The number of aliphatic hydroxyl groups is 1. The fourth-order valence-corrected chi connectivity index (χ4v) is 5.36. The van der Waals surface area contributed by atoms with Gasteiger partial charge in [-0.05, 0) is 17.3 Å². The fourth-order valence-electron chi connectivity index (χ4n) is 1.26. The van der Waals surface area contributed by atoms with Crippen LogP contribution in [-0.4, -0.2) is 47.5 Å². The average Bonchev–Trinajstić information content (AvgIpc) is 2.19. The van der Waals surface area contributed by atoms with Crippen molar-refractivity contribution in [3.8, 4) is 0 Å². The summed E-state index contributed by atoms with van der Waals surface area (Å²) in [5.41, 5.74) is 0. The lowest BCUT2D eigenvalue weighted by atomic mass is 10.4. The molecule has 0 radical (unpaired) electrons. The maximum atomic E-state index is 11.1. The molecule has 0 aliphatic carbocycles. The first kappa shape index (κ1) is 18.6. The van der Waals surface area contributed by atoms with Crippen LogP contribution in [0.2, 0.25) is 0 Å². The van der Waals surface area contributed by atoms with E-state index in [1.165, 1.54) is 0 Å². The summed E-state index contributed by atoms with van der Waals surface area (Å²) in [6, 6.07) is 0. The van der Waals surface area contributed by atoms with Crippen LogP contribution in [0.1, 0.15) is 26.2 Å². The van der Waals surface area contributed by atoms with Gasteiger partial charge in [0.15, 0.2) is 0 Å². The minimum atomic E-state index is -5.29. The van der Waals surface area contributed by atoms with Gasteiger partial charge >= 0.3 is 15.2 Å². The molecule has 0 bridgehead atoms. The third-order valence-corrected chi connectivity index (χ3v) is 8.33.